The first kappa shape index (κ1) is 27.2. The molecule has 10 aromatic rings. The molecule has 0 atom stereocenters. The third-order valence-corrected chi connectivity index (χ3v) is 13.6. The van der Waals surface area contributed by atoms with Crippen LogP contribution in [0.4, 0.5) is 0 Å². The maximum absolute atomic E-state index is 2.52. The van der Waals surface area contributed by atoms with Crippen LogP contribution >= 0.6 is 23.1 Å². The quantitative estimate of drug-likeness (QED) is 0.168. The molecule has 1 spiro atoms. The number of rotatable bonds is 1. The smallest absolute Gasteiger partial charge is 0.0735 e. The molecule has 232 valence electrons. The molecule has 2 aliphatic rings. The Hall–Kier alpha value is -5.61. The standard InChI is InChI=1S/C47H27NS2/c1-2-12-30-28(11-1)21-25-39-44(30)45-40(48(39)29-22-23-34-33-15-5-9-19-41(33)49-43(34)27-29)26-24-38-46(45)50-42-20-10-8-18-37(42)47(38)35-16-6-3-13-31(35)32-14-4-7-17-36(32)47/h1-27H. The number of aromatic nitrogens is 1. The fourth-order valence-corrected chi connectivity index (χ4v) is 11.8. The van der Waals surface area contributed by atoms with Crippen LogP contribution in [-0.2, 0) is 5.41 Å². The second-order valence-electron chi connectivity index (χ2n) is 13.6. The molecule has 0 radical (unpaired) electrons. The number of fused-ring (bicyclic) bond motifs is 18. The fourth-order valence-electron chi connectivity index (χ4n) is 9.31. The van der Waals surface area contributed by atoms with E-state index in [0.717, 1.165) is 0 Å². The summed E-state index contributed by atoms with van der Waals surface area (Å²) in [6.07, 6.45) is 0. The van der Waals surface area contributed by atoms with Gasteiger partial charge >= 0.3 is 0 Å². The van der Waals surface area contributed by atoms with Gasteiger partial charge in [0.25, 0.3) is 0 Å². The molecule has 8 aromatic carbocycles. The van der Waals surface area contributed by atoms with Gasteiger partial charge in [-0.2, -0.15) is 0 Å². The average Bonchev–Trinajstić information content (AvgIpc) is 3.82. The molecule has 12 rings (SSSR count). The Morgan fingerprint density at radius 1 is 0.440 bits per heavy atom. The lowest BCUT2D eigenvalue weighted by Gasteiger charge is -2.40. The predicted molar refractivity (Wildman–Crippen MR) is 213 cm³/mol. The third kappa shape index (κ3) is 3.30. The van der Waals surface area contributed by atoms with Gasteiger partial charge in [0.15, 0.2) is 0 Å². The lowest BCUT2D eigenvalue weighted by Crippen LogP contribution is -2.32. The topological polar surface area (TPSA) is 4.93 Å². The van der Waals surface area contributed by atoms with Gasteiger partial charge < -0.3 is 4.57 Å². The number of hydrogen-bond acceptors (Lipinski definition) is 2. The summed E-state index contributed by atoms with van der Waals surface area (Å²) >= 11 is 3.83. The zero-order valence-corrected chi connectivity index (χ0v) is 28.5. The monoisotopic (exact) mass is 669 g/mol. The van der Waals surface area contributed by atoms with Gasteiger partial charge in [0, 0.05) is 46.4 Å². The number of nitrogens with zero attached hydrogens (tertiary/aromatic N) is 1. The van der Waals surface area contributed by atoms with Crippen LogP contribution in [0.25, 0.3) is 69.6 Å². The van der Waals surface area contributed by atoms with Crippen LogP contribution < -0.4 is 0 Å². The number of hydrogen-bond donors (Lipinski definition) is 0. The lowest BCUT2D eigenvalue weighted by molar-refractivity contribution is 0.726. The lowest BCUT2D eigenvalue weighted by atomic mass is 9.67. The minimum absolute atomic E-state index is 0.409. The van der Waals surface area contributed by atoms with Crippen LogP contribution in [0.5, 0.6) is 0 Å². The van der Waals surface area contributed by atoms with Crippen LogP contribution in [0.3, 0.4) is 0 Å². The van der Waals surface area contributed by atoms with E-state index in [2.05, 4.69) is 168 Å². The Labute approximate surface area is 297 Å². The van der Waals surface area contributed by atoms with Crippen LogP contribution in [0.1, 0.15) is 22.3 Å². The fraction of sp³-hybridized carbons (Fsp3) is 0.0213. The number of thiophene rings is 1. The summed E-state index contributed by atoms with van der Waals surface area (Å²) in [5.41, 5.74) is 11.4. The molecule has 1 nitrogen and oxygen atoms in total. The first-order chi connectivity index (χ1) is 24.8. The molecule has 1 aliphatic carbocycles. The molecule has 0 fully saturated rings. The molecular formula is C47H27NS2. The summed E-state index contributed by atoms with van der Waals surface area (Å²) in [4.78, 5) is 2.68. The van der Waals surface area contributed by atoms with Gasteiger partial charge in [0.05, 0.1) is 16.4 Å². The van der Waals surface area contributed by atoms with E-state index in [4.69, 9.17) is 0 Å². The largest absolute Gasteiger partial charge is 0.309 e. The molecule has 1 aliphatic heterocycles. The maximum Gasteiger partial charge on any atom is 0.0735 e. The van der Waals surface area contributed by atoms with Crippen LogP contribution in [0.15, 0.2) is 174 Å². The molecule has 3 heterocycles. The molecule has 50 heavy (non-hydrogen) atoms. The Balaban J connectivity index is 1.26. The van der Waals surface area contributed by atoms with Crippen LogP contribution in [0, 0.1) is 0 Å². The molecule has 0 saturated heterocycles. The van der Waals surface area contributed by atoms with E-state index in [9.17, 15) is 0 Å². The van der Waals surface area contributed by atoms with Gasteiger partial charge in [-0.3, -0.25) is 0 Å². The maximum atomic E-state index is 2.52. The van der Waals surface area contributed by atoms with Gasteiger partial charge in [0.1, 0.15) is 0 Å². The SMILES string of the molecule is c1ccc2c(c1)Sc1c(ccc3c1c1c4ccccc4ccc1n3-c1ccc3c(c1)sc1ccccc13)C21c2ccccc2-c2ccccc21. The summed E-state index contributed by atoms with van der Waals surface area (Å²) in [6.45, 7) is 0. The van der Waals surface area contributed by atoms with Crippen molar-refractivity contribution in [3.05, 3.63) is 186 Å². The molecule has 2 aromatic heterocycles. The van der Waals surface area contributed by atoms with Crippen molar-refractivity contribution in [1.29, 1.82) is 0 Å². The highest BCUT2D eigenvalue weighted by atomic mass is 32.2. The molecule has 0 N–H and O–H groups in total. The normalized spacial score (nSPS) is 14.1. The third-order valence-electron chi connectivity index (χ3n) is 11.3. The number of benzene rings is 8. The van der Waals surface area contributed by atoms with Crippen molar-refractivity contribution in [2.45, 2.75) is 15.2 Å². The summed E-state index contributed by atoms with van der Waals surface area (Å²) in [7, 11) is 0. The Bertz CT molecular complexity index is 3040. The van der Waals surface area contributed by atoms with Gasteiger partial charge in [-0.1, -0.05) is 139 Å². The Morgan fingerprint density at radius 2 is 1.08 bits per heavy atom. The highest BCUT2D eigenvalue weighted by Gasteiger charge is 2.50. The van der Waals surface area contributed by atoms with E-state index in [1.54, 1.807) is 0 Å². The van der Waals surface area contributed by atoms with Gasteiger partial charge in [0.2, 0.25) is 0 Å². The van der Waals surface area contributed by atoms with E-state index in [1.807, 2.05) is 23.1 Å². The van der Waals surface area contributed by atoms with E-state index in [-0.39, 0.29) is 0 Å². The highest BCUT2D eigenvalue weighted by Crippen LogP contribution is 2.63. The van der Waals surface area contributed by atoms with Crippen molar-refractivity contribution in [3.8, 4) is 16.8 Å². The van der Waals surface area contributed by atoms with E-state index in [0.29, 0.717) is 0 Å². The summed E-state index contributed by atoms with van der Waals surface area (Å²) in [5, 5.41) is 7.89. The zero-order chi connectivity index (χ0) is 32.6. The minimum Gasteiger partial charge on any atom is -0.309 e. The van der Waals surface area contributed by atoms with E-state index < -0.39 is 5.41 Å². The summed E-state index contributed by atoms with van der Waals surface area (Å²) in [6, 6.07) is 61.6. The van der Waals surface area contributed by atoms with Crippen molar-refractivity contribution < 1.29 is 0 Å². The molecular weight excluding hydrogens is 643 g/mol. The van der Waals surface area contributed by atoms with Crippen molar-refractivity contribution in [3.63, 3.8) is 0 Å². The van der Waals surface area contributed by atoms with Crippen molar-refractivity contribution in [2.75, 3.05) is 0 Å². The van der Waals surface area contributed by atoms with E-state index >= 15 is 0 Å². The molecule has 0 bridgehead atoms. The Morgan fingerprint density at radius 3 is 1.92 bits per heavy atom. The molecule has 0 unspecified atom stereocenters. The van der Waals surface area contributed by atoms with Crippen molar-refractivity contribution in [2.24, 2.45) is 0 Å². The highest BCUT2D eigenvalue weighted by molar-refractivity contribution is 7.99. The molecule has 0 amide bonds. The molecule has 3 heteroatoms. The van der Waals surface area contributed by atoms with Crippen molar-refractivity contribution in [1.82, 2.24) is 4.57 Å². The first-order valence-corrected chi connectivity index (χ1v) is 18.8. The first-order valence-electron chi connectivity index (χ1n) is 17.2. The minimum atomic E-state index is -0.409. The second-order valence-corrected chi connectivity index (χ2v) is 15.7. The van der Waals surface area contributed by atoms with Crippen LogP contribution in [-0.4, -0.2) is 4.57 Å². The molecule has 0 saturated carbocycles. The predicted octanol–water partition coefficient (Wildman–Crippen LogP) is 13.1. The van der Waals surface area contributed by atoms with E-state index in [1.165, 1.54) is 102 Å². The van der Waals surface area contributed by atoms with Gasteiger partial charge in [-0.25, -0.2) is 0 Å². The summed E-state index contributed by atoms with van der Waals surface area (Å²) < 4.78 is 5.17. The van der Waals surface area contributed by atoms with Crippen LogP contribution in [0.2, 0.25) is 0 Å². The second kappa shape index (κ2) is 9.76. The van der Waals surface area contributed by atoms with Crippen molar-refractivity contribution >= 4 is 75.8 Å². The zero-order valence-electron chi connectivity index (χ0n) is 26.9. The van der Waals surface area contributed by atoms with Gasteiger partial charge in [-0.15, -0.1) is 11.3 Å². The average molecular weight is 670 g/mol. The Kier molecular flexibility index (Phi) is 5.32. The summed E-state index contributed by atoms with van der Waals surface area (Å²) in [5.74, 6) is 0. The van der Waals surface area contributed by atoms with Gasteiger partial charge in [-0.05, 0) is 80.6 Å².